The van der Waals surface area contributed by atoms with Crippen LogP contribution in [0.3, 0.4) is 0 Å². The number of carbonyl (C=O) groups excluding carboxylic acids is 4. The Morgan fingerprint density at radius 1 is 0.769 bits per heavy atom. The summed E-state index contributed by atoms with van der Waals surface area (Å²) in [6, 6.07) is 20.8. The molecule has 0 radical (unpaired) electrons. The number of aromatic nitrogens is 1. The van der Waals surface area contributed by atoms with Crippen LogP contribution in [0.5, 0.6) is 5.75 Å². The molecule has 0 saturated carbocycles. The molecule has 0 aliphatic heterocycles. The number of carbonyl (C=O) groups is 4. The van der Waals surface area contributed by atoms with Crippen molar-refractivity contribution in [2.24, 2.45) is 7.05 Å². The number of aryl methyl sites for hydroxylation is 1. The van der Waals surface area contributed by atoms with Crippen molar-refractivity contribution < 1.29 is 63.7 Å². The first kappa shape index (κ1) is 54.8. The zero-order chi connectivity index (χ0) is 40.1. The molecule has 0 aliphatic rings. The number of carboxylic acid groups (broad SMARTS) is 1. The van der Waals surface area contributed by atoms with E-state index in [0.717, 1.165) is 5.52 Å². The summed E-state index contributed by atoms with van der Waals surface area (Å²) in [6.07, 6.45) is 0. The number of esters is 1. The van der Waals surface area contributed by atoms with Gasteiger partial charge in [-0.15, -0.1) is 0 Å². The number of Topliss-reactive ketones (excluding diaryl/α,β-unsaturated/α-hetero) is 2. The molecule has 4 aromatic rings. The van der Waals surface area contributed by atoms with Crippen LogP contribution in [0.1, 0.15) is 81.8 Å². The van der Waals surface area contributed by atoms with Crippen molar-refractivity contribution >= 4 is 61.7 Å². The van der Waals surface area contributed by atoms with E-state index in [-0.39, 0.29) is 64.5 Å². The Balaban J connectivity index is -0.000000291. The van der Waals surface area contributed by atoms with Gasteiger partial charge >= 0.3 is 35.5 Å². The molecule has 0 bridgehead atoms. The van der Waals surface area contributed by atoms with Crippen molar-refractivity contribution in [3.63, 3.8) is 0 Å². The number of fused-ring (bicyclic) bond motifs is 1. The van der Waals surface area contributed by atoms with E-state index >= 15 is 0 Å². The Bertz CT molecular complexity index is 1690. The second-order valence-electron chi connectivity index (χ2n) is 9.33. The molecule has 1 heterocycles. The molecule has 0 unspecified atom stereocenters. The van der Waals surface area contributed by atoms with E-state index in [1.165, 1.54) is 19.9 Å². The summed E-state index contributed by atoms with van der Waals surface area (Å²) < 4.78 is 6.62. The van der Waals surface area contributed by atoms with E-state index in [2.05, 4.69) is 26.6 Å². The van der Waals surface area contributed by atoms with E-state index < -0.39 is 11.9 Å². The summed E-state index contributed by atoms with van der Waals surface area (Å²) in [7, 11) is 5.22. The molecule has 0 aliphatic carbocycles. The van der Waals surface area contributed by atoms with Crippen LogP contribution >= 0.6 is 15.9 Å². The first-order valence-electron chi connectivity index (χ1n) is 16.5. The van der Waals surface area contributed by atoms with Crippen molar-refractivity contribution in [3.8, 4) is 5.75 Å². The van der Waals surface area contributed by atoms with Crippen molar-refractivity contribution in [2.75, 3.05) is 36.7 Å². The number of ether oxygens (including phenoxy) is 1. The van der Waals surface area contributed by atoms with Crippen molar-refractivity contribution in [1.82, 2.24) is 4.57 Å². The fourth-order valence-corrected chi connectivity index (χ4v) is 3.59. The predicted molar refractivity (Wildman–Crippen MR) is 211 cm³/mol. The third-order valence-corrected chi connectivity index (χ3v) is 6.79. The number of rotatable bonds is 7. The van der Waals surface area contributed by atoms with Gasteiger partial charge in [0.15, 0.2) is 11.5 Å². The van der Waals surface area contributed by atoms with E-state index in [1.807, 2.05) is 71.4 Å². The maximum Gasteiger partial charge on any atom is 1.00 e. The normalized spacial score (nSPS) is 8.63. The molecular formula is C39H55BrN3NaO8. The van der Waals surface area contributed by atoms with Crippen molar-refractivity contribution in [3.05, 3.63) is 99.8 Å². The number of para-hydroxylation sites is 3. The summed E-state index contributed by atoms with van der Waals surface area (Å²) in [6.45, 7) is 16.5. The van der Waals surface area contributed by atoms with Crippen LogP contribution in [0.25, 0.3) is 10.9 Å². The number of anilines is 2. The standard InChI is InChI=1S/C11H13NO3.C11H11NO2.C8H9NO2.C3H5BrO.3C2H6.Na/c1-8(13)7-15-11(14)9-5-3-4-6-10(9)12-2;1-7-10(13)11(14)8-5-3-4-6-9(8)12(7)2;1-9-7-5-3-2-4-6(7)8(10)11;1-3(5)2-4;3*1-2;/h3-6,12H,7H2,1-2H3;3-6,13H,1-2H3;2-5,9H,1H3,(H,10,11);2H2,1H3;3*1-2H3;/q;;;;;;;+1/p-1. The number of alkyl halides is 1. The topological polar surface area (TPSA) is 167 Å². The number of aromatic hydroxyl groups is 1. The summed E-state index contributed by atoms with van der Waals surface area (Å²) in [5.41, 5.74) is 3.02. The van der Waals surface area contributed by atoms with Gasteiger partial charge in [-0.25, -0.2) is 4.79 Å². The molecule has 0 saturated heterocycles. The number of nitrogens with one attached hydrogen (secondary N) is 2. The summed E-state index contributed by atoms with van der Waals surface area (Å²) in [4.78, 5) is 54.0. The van der Waals surface area contributed by atoms with Gasteiger partial charge in [-0.2, -0.15) is 0 Å². The molecule has 4 rings (SSSR count). The number of benzene rings is 3. The number of pyridine rings is 1. The molecule has 3 N–H and O–H groups in total. The zero-order valence-corrected chi connectivity index (χ0v) is 36.6. The molecule has 0 spiro atoms. The molecule has 282 valence electrons. The third kappa shape index (κ3) is 20.2. The summed E-state index contributed by atoms with van der Waals surface area (Å²) in [5.74, 6) is -1.81. The van der Waals surface area contributed by atoms with Crippen molar-refractivity contribution in [1.29, 1.82) is 0 Å². The van der Waals surface area contributed by atoms with E-state index in [1.54, 1.807) is 69.6 Å². The smallest absolute Gasteiger partial charge is 0.545 e. The fraction of sp³-hybridized carbons (Fsp3) is 0.359. The molecular weight excluding hydrogens is 741 g/mol. The molecule has 0 fully saturated rings. The summed E-state index contributed by atoms with van der Waals surface area (Å²) >= 11 is 2.96. The number of nitrogens with zero attached hydrogens (tertiary/aromatic N) is 1. The van der Waals surface area contributed by atoms with Crippen LogP contribution < -0.4 is 50.7 Å². The summed E-state index contributed by atoms with van der Waals surface area (Å²) in [5, 5.41) is 26.6. The van der Waals surface area contributed by atoms with Gasteiger partial charge in [-0.05, 0) is 51.1 Å². The van der Waals surface area contributed by atoms with Crippen molar-refractivity contribution in [2.45, 2.75) is 62.3 Å². The van der Waals surface area contributed by atoms with Gasteiger partial charge in [0.2, 0.25) is 5.43 Å². The van der Waals surface area contributed by atoms with Crippen LogP contribution in [0, 0.1) is 6.92 Å². The number of hydrogen-bond acceptors (Lipinski definition) is 10. The SMILES string of the molecule is CC.CC.CC.CC(=O)CBr.CNc1ccccc1C(=O)OCC(C)=O.CNc1ccccc1C(=O)[O-].Cc1c(O)c(=O)c2ccccc2n1C.[Na+]. The predicted octanol–water partition coefficient (Wildman–Crippen LogP) is 4.17. The Morgan fingerprint density at radius 2 is 1.17 bits per heavy atom. The molecule has 52 heavy (non-hydrogen) atoms. The van der Waals surface area contributed by atoms with Gasteiger partial charge in [0, 0.05) is 43.5 Å². The van der Waals surface area contributed by atoms with Crippen LogP contribution in [0.2, 0.25) is 0 Å². The Kier molecular flexibility index (Phi) is 34.7. The maximum absolute atomic E-state index is 11.6. The largest absolute Gasteiger partial charge is 1.00 e. The molecule has 11 nitrogen and oxygen atoms in total. The van der Waals surface area contributed by atoms with E-state index in [0.29, 0.717) is 33.3 Å². The molecule has 0 amide bonds. The second-order valence-corrected chi connectivity index (χ2v) is 9.89. The van der Waals surface area contributed by atoms with Gasteiger partial charge < -0.3 is 34.9 Å². The van der Waals surface area contributed by atoms with Crippen LogP contribution in [0.4, 0.5) is 11.4 Å². The molecule has 0 atom stereocenters. The average Bonchev–Trinajstić information content (AvgIpc) is 3.18. The van der Waals surface area contributed by atoms with Gasteiger partial charge in [0.25, 0.3) is 0 Å². The zero-order valence-electron chi connectivity index (χ0n) is 33.0. The molecule has 1 aromatic heterocycles. The monoisotopic (exact) mass is 795 g/mol. The van der Waals surface area contributed by atoms with E-state index in [9.17, 15) is 34.2 Å². The minimum Gasteiger partial charge on any atom is -0.545 e. The number of halogens is 1. The van der Waals surface area contributed by atoms with Crippen LogP contribution in [-0.2, 0) is 21.4 Å². The number of aromatic carboxylic acids is 1. The Morgan fingerprint density at radius 3 is 1.58 bits per heavy atom. The minimum absolute atomic E-state index is 0. The van der Waals surface area contributed by atoms with Gasteiger partial charge in [-0.3, -0.25) is 14.4 Å². The third-order valence-electron chi connectivity index (χ3n) is 6.00. The Hall–Kier alpha value is -3.97. The molecule has 3 aromatic carbocycles. The van der Waals surface area contributed by atoms with Gasteiger partial charge in [0.05, 0.1) is 28.1 Å². The number of carboxylic acids is 1. The second kappa shape index (κ2) is 32.9. The van der Waals surface area contributed by atoms with Gasteiger partial charge in [0.1, 0.15) is 12.4 Å². The van der Waals surface area contributed by atoms with E-state index in [4.69, 9.17) is 4.74 Å². The van der Waals surface area contributed by atoms with Crippen LogP contribution in [0.15, 0.2) is 77.6 Å². The van der Waals surface area contributed by atoms with Crippen LogP contribution in [-0.4, -0.2) is 59.2 Å². The first-order valence-corrected chi connectivity index (χ1v) is 17.7. The number of hydrogen-bond donors (Lipinski definition) is 3. The fourth-order valence-electron chi connectivity index (χ4n) is 3.59. The molecule has 13 heteroatoms. The minimum atomic E-state index is -1.16. The Labute approximate surface area is 339 Å². The quantitative estimate of drug-likeness (QED) is 0.140. The maximum atomic E-state index is 11.6. The number of ketones is 2. The van der Waals surface area contributed by atoms with Gasteiger partial charge in [-0.1, -0.05) is 99.9 Å². The average molecular weight is 797 g/mol. The first-order chi connectivity index (χ1) is 24.3.